The van der Waals surface area contributed by atoms with Gasteiger partial charge in [0.05, 0.1) is 11.1 Å². The number of hydrogen-bond donors (Lipinski definition) is 2. The summed E-state index contributed by atoms with van der Waals surface area (Å²) in [4.78, 5) is 29.1. The van der Waals surface area contributed by atoms with E-state index < -0.39 is 18.0 Å². The molecule has 10 heteroatoms. The second kappa shape index (κ2) is 18.0. The van der Waals surface area contributed by atoms with Crippen molar-refractivity contribution in [2.24, 2.45) is 12.5 Å². The Bertz CT molecular complexity index is 2430. The molecule has 0 atom stereocenters. The molecule has 6 aromatic rings. The molecule has 0 fully saturated rings. The number of nitrogens with zero attached hydrogens (tertiary/aromatic N) is 3. The van der Waals surface area contributed by atoms with Crippen LogP contribution in [-0.2, 0) is 7.05 Å². The fourth-order valence-electron chi connectivity index (χ4n) is 5.33. The maximum atomic E-state index is 13.2. The summed E-state index contributed by atoms with van der Waals surface area (Å²) >= 11 is 6.00. The summed E-state index contributed by atoms with van der Waals surface area (Å²) in [6.45, 7) is 7.96. The Morgan fingerprint density at radius 3 is 1.73 bits per heavy atom. The van der Waals surface area contributed by atoms with Crippen molar-refractivity contribution >= 4 is 34.8 Å². The molecule has 0 radical (unpaired) electrons. The van der Waals surface area contributed by atoms with Crippen molar-refractivity contribution in [3.05, 3.63) is 155 Å². The second-order valence-electron chi connectivity index (χ2n) is 13.3. The van der Waals surface area contributed by atoms with Crippen LogP contribution in [0.2, 0.25) is 5.15 Å². The number of hydrogen-bond acceptors (Lipinski definition) is 4. The van der Waals surface area contributed by atoms with Gasteiger partial charge in [0.15, 0.2) is 0 Å². The number of anilines is 2. The Labute approximate surface area is 324 Å². The highest BCUT2D eigenvalue weighted by Crippen LogP contribution is 2.31. The molecule has 0 saturated carbocycles. The van der Waals surface area contributed by atoms with E-state index >= 15 is 0 Å². The predicted molar refractivity (Wildman–Crippen MR) is 216 cm³/mol. The van der Waals surface area contributed by atoms with Crippen LogP contribution >= 0.6 is 11.6 Å². The number of carbonyl (C=O) groups is 2. The molecule has 2 heterocycles. The lowest BCUT2D eigenvalue weighted by Crippen LogP contribution is -2.14. The molecule has 2 N–H and O–H groups in total. The molecule has 0 aliphatic carbocycles. The van der Waals surface area contributed by atoms with Crippen molar-refractivity contribution in [3.63, 3.8) is 0 Å². The number of para-hydroxylation sites is 2. The van der Waals surface area contributed by atoms with Crippen LogP contribution in [0.15, 0.2) is 122 Å². The topological polar surface area (TPSA) is 88.9 Å². The Hall–Kier alpha value is -6.55. The van der Waals surface area contributed by atoms with E-state index in [4.69, 9.17) is 11.6 Å². The molecule has 2 amide bonds. The molecule has 0 unspecified atom stereocenters. The zero-order valence-electron chi connectivity index (χ0n) is 30.9. The molecular formula is C45H38ClF2N5O2. The second-order valence-corrected chi connectivity index (χ2v) is 13.6. The highest BCUT2D eigenvalue weighted by Gasteiger charge is 2.23. The molecular weight excluding hydrogens is 716 g/mol. The van der Waals surface area contributed by atoms with Crippen LogP contribution in [0.3, 0.4) is 0 Å². The van der Waals surface area contributed by atoms with E-state index in [1.807, 2.05) is 91.9 Å². The Morgan fingerprint density at radius 1 is 0.727 bits per heavy atom. The van der Waals surface area contributed by atoms with Crippen molar-refractivity contribution in [3.8, 4) is 45.9 Å². The van der Waals surface area contributed by atoms with Crippen LogP contribution in [0.4, 0.5) is 20.2 Å². The van der Waals surface area contributed by atoms with E-state index in [1.54, 1.807) is 30.5 Å². The van der Waals surface area contributed by atoms with E-state index in [0.717, 1.165) is 33.4 Å². The average molecular weight is 754 g/mol. The van der Waals surface area contributed by atoms with Crippen molar-refractivity contribution in [2.75, 3.05) is 10.6 Å². The van der Waals surface area contributed by atoms with Crippen molar-refractivity contribution in [2.45, 2.75) is 34.1 Å². The largest absolute Gasteiger partial charge is 0.321 e. The van der Waals surface area contributed by atoms with E-state index in [2.05, 4.69) is 65.2 Å². The zero-order valence-corrected chi connectivity index (χ0v) is 31.7. The van der Waals surface area contributed by atoms with Gasteiger partial charge in [-0.05, 0) is 87.4 Å². The van der Waals surface area contributed by atoms with Gasteiger partial charge >= 0.3 is 0 Å². The van der Waals surface area contributed by atoms with Crippen LogP contribution in [0.25, 0.3) is 22.3 Å². The highest BCUT2D eigenvalue weighted by atomic mass is 35.5. The van der Waals surface area contributed by atoms with Gasteiger partial charge in [0, 0.05) is 58.5 Å². The number of pyridine rings is 1. The van der Waals surface area contributed by atoms with Crippen molar-refractivity contribution < 1.29 is 18.4 Å². The van der Waals surface area contributed by atoms with Gasteiger partial charge in [0.2, 0.25) is 0 Å². The lowest BCUT2D eigenvalue weighted by Gasteiger charge is -2.12. The third-order valence-corrected chi connectivity index (χ3v) is 8.21. The molecule has 276 valence electrons. The third kappa shape index (κ3) is 10.8. The Morgan fingerprint density at radius 2 is 1.24 bits per heavy atom. The molecule has 0 bridgehead atoms. The maximum absolute atomic E-state index is 13.2. The zero-order chi connectivity index (χ0) is 39.5. The number of halogens is 3. The molecule has 55 heavy (non-hydrogen) atoms. The SMILES string of the molecule is CC#Cc1ccc(-c2ccccc2NC(=O)c2cccnc2Cl)cc1.Cn1cc(C(=O)Nc2ccccc2-c2ccc(C#CC(C)(C)C)cc2)c(C(F)F)n1. The number of amides is 2. The first-order valence-electron chi connectivity index (χ1n) is 17.2. The van der Waals surface area contributed by atoms with Gasteiger partial charge in [0.25, 0.3) is 18.2 Å². The minimum atomic E-state index is -2.83. The smallest absolute Gasteiger partial charge is 0.282 e. The van der Waals surface area contributed by atoms with Crippen LogP contribution in [0.5, 0.6) is 0 Å². The summed E-state index contributed by atoms with van der Waals surface area (Å²) in [5, 5.41) is 9.53. The van der Waals surface area contributed by atoms with E-state index in [9.17, 15) is 18.4 Å². The van der Waals surface area contributed by atoms with E-state index in [0.29, 0.717) is 16.9 Å². The van der Waals surface area contributed by atoms with Crippen LogP contribution in [0.1, 0.15) is 71.7 Å². The number of aryl methyl sites for hydroxylation is 1. The molecule has 0 aliphatic rings. The van der Waals surface area contributed by atoms with Gasteiger partial charge in [-0.25, -0.2) is 13.8 Å². The van der Waals surface area contributed by atoms with Crippen LogP contribution < -0.4 is 10.6 Å². The monoisotopic (exact) mass is 753 g/mol. The number of aromatic nitrogens is 3. The Kier molecular flexibility index (Phi) is 13.0. The van der Waals surface area contributed by atoms with Crippen LogP contribution in [0, 0.1) is 29.1 Å². The third-order valence-electron chi connectivity index (χ3n) is 7.91. The lowest BCUT2D eigenvalue weighted by atomic mass is 9.97. The van der Waals surface area contributed by atoms with Gasteiger partial charge in [0.1, 0.15) is 10.8 Å². The number of nitrogens with one attached hydrogen (secondary N) is 2. The highest BCUT2D eigenvalue weighted by molar-refractivity contribution is 6.33. The maximum Gasteiger partial charge on any atom is 0.282 e. The Balaban J connectivity index is 0.000000214. The first-order valence-corrected chi connectivity index (χ1v) is 17.6. The minimum Gasteiger partial charge on any atom is -0.321 e. The van der Waals surface area contributed by atoms with Gasteiger partial charge in [-0.15, -0.1) is 5.92 Å². The van der Waals surface area contributed by atoms with Gasteiger partial charge < -0.3 is 10.6 Å². The summed E-state index contributed by atoms with van der Waals surface area (Å²) < 4.78 is 27.6. The van der Waals surface area contributed by atoms with E-state index in [-0.39, 0.29) is 22.0 Å². The molecule has 2 aromatic heterocycles. The molecule has 0 aliphatic heterocycles. The summed E-state index contributed by atoms with van der Waals surface area (Å²) in [5.74, 6) is 11.3. The first kappa shape index (κ1) is 39.7. The van der Waals surface area contributed by atoms with E-state index in [1.165, 1.54) is 17.9 Å². The molecule has 0 saturated heterocycles. The number of alkyl halides is 2. The number of rotatable bonds is 7. The number of carbonyl (C=O) groups excluding carboxylic acids is 2. The predicted octanol–water partition coefficient (Wildman–Crippen LogP) is 10.7. The number of benzene rings is 4. The average Bonchev–Trinajstić information content (AvgIpc) is 3.57. The van der Waals surface area contributed by atoms with Gasteiger partial charge in [-0.2, -0.15) is 5.10 Å². The standard InChI is InChI=1S/C24H23F2N3O.C21H15ClN2O/c1-24(2,3)14-13-16-9-11-17(12-10-16)18-7-5-6-8-20(18)27-23(30)19-15-29(4)28-21(19)22(25)26;1-2-6-15-10-12-16(13-11-15)17-7-3-4-9-19(17)24-21(25)18-8-5-14-23-20(18)22/h5-12,15,22H,1-4H3,(H,27,30);3-5,7-14H,1H3,(H,24,25). The van der Waals surface area contributed by atoms with Crippen molar-refractivity contribution in [1.29, 1.82) is 0 Å². The molecule has 6 rings (SSSR count). The van der Waals surface area contributed by atoms with Gasteiger partial charge in [-0.1, -0.05) is 90.0 Å². The van der Waals surface area contributed by atoms with Gasteiger partial charge in [-0.3, -0.25) is 14.3 Å². The summed E-state index contributed by atoms with van der Waals surface area (Å²) in [7, 11) is 1.50. The minimum absolute atomic E-state index is 0.0844. The summed E-state index contributed by atoms with van der Waals surface area (Å²) in [5.41, 5.74) is 6.25. The fourth-order valence-corrected chi connectivity index (χ4v) is 5.54. The normalized spacial score (nSPS) is 10.6. The fraction of sp³-hybridized carbons (Fsp3) is 0.156. The summed E-state index contributed by atoms with van der Waals surface area (Å²) in [6.07, 6.45) is 0.0135. The first-order chi connectivity index (χ1) is 26.3. The lowest BCUT2D eigenvalue weighted by molar-refractivity contribution is 0.100. The quantitative estimate of drug-likeness (QED) is 0.125. The van der Waals surface area contributed by atoms with Crippen LogP contribution in [-0.4, -0.2) is 26.6 Å². The summed E-state index contributed by atoms with van der Waals surface area (Å²) in [6, 6.07) is 33.8. The molecule has 4 aromatic carbocycles. The van der Waals surface area contributed by atoms with Crippen molar-refractivity contribution in [1.82, 2.24) is 14.8 Å². The molecule has 7 nitrogen and oxygen atoms in total. The molecule has 0 spiro atoms.